The second-order valence-electron chi connectivity index (χ2n) is 5.86. The van der Waals surface area contributed by atoms with E-state index in [2.05, 4.69) is 25.8 Å². The average molecular weight is 339 g/mol. The maximum Gasteiger partial charge on any atom is 0.263 e. The van der Waals surface area contributed by atoms with E-state index in [1.807, 2.05) is 31.2 Å². The van der Waals surface area contributed by atoms with Crippen LogP contribution in [-0.2, 0) is 9.53 Å². The first-order chi connectivity index (χ1) is 12.2. The van der Waals surface area contributed by atoms with Crippen LogP contribution < -0.4 is 10.6 Å². The molecule has 8 nitrogen and oxygen atoms in total. The van der Waals surface area contributed by atoms with Crippen molar-refractivity contribution in [1.82, 2.24) is 15.1 Å². The SMILES string of the molecule is Cc1noc2ncnc(Nc3ccc(NC(=O)C4CCCO4)cc3)c12. The fourth-order valence-electron chi connectivity index (χ4n) is 2.80. The molecule has 1 aliphatic heterocycles. The highest BCUT2D eigenvalue weighted by Crippen LogP contribution is 2.26. The number of hydrogen-bond donors (Lipinski definition) is 2. The van der Waals surface area contributed by atoms with Crippen molar-refractivity contribution in [2.24, 2.45) is 0 Å². The number of nitrogens with one attached hydrogen (secondary N) is 2. The molecule has 128 valence electrons. The molecule has 1 unspecified atom stereocenters. The number of aromatic nitrogens is 3. The van der Waals surface area contributed by atoms with Crippen LogP contribution in [0.5, 0.6) is 0 Å². The number of nitrogens with zero attached hydrogens (tertiary/aromatic N) is 3. The Morgan fingerprint density at radius 3 is 2.76 bits per heavy atom. The van der Waals surface area contributed by atoms with Gasteiger partial charge in [0.2, 0.25) is 0 Å². The molecule has 1 saturated heterocycles. The van der Waals surface area contributed by atoms with Gasteiger partial charge >= 0.3 is 0 Å². The molecular formula is C17H17N5O3. The summed E-state index contributed by atoms with van der Waals surface area (Å²) in [6.45, 7) is 2.49. The number of hydrogen-bond acceptors (Lipinski definition) is 7. The number of carbonyl (C=O) groups excluding carboxylic acids is 1. The van der Waals surface area contributed by atoms with E-state index in [4.69, 9.17) is 9.26 Å². The van der Waals surface area contributed by atoms with E-state index in [-0.39, 0.29) is 12.0 Å². The third-order valence-electron chi connectivity index (χ3n) is 4.08. The molecule has 0 aliphatic carbocycles. The van der Waals surface area contributed by atoms with Crippen LogP contribution in [0, 0.1) is 6.92 Å². The maximum atomic E-state index is 12.1. The largest absolute Gasteiger partial charge is 0.368 e. The number of ether oxygens (including phenoxy) is 1. The number of aryl methyl sites for hydroxylation is 1. The Kier molecular flexibility index (Phi) is 4.02. The van der Waals surface area contributed by atoms with Crippen molar-refractivity contribution in [2.45, 2.75) is 25.9 Å². The van der Waals surface area contributed by atoms with Crippen LogP contribution >= 0.6 is 0 Å². The molecule has 1 atom stereocenters. The Morgan fingerprint density at radius 2 is 2.00 bits per heavy atom. The summed E-state index contributed by atoms with van der Waals surface area (Å²) in [5, 5.41) is 10.7. The first kappa shape index (κ1) is 15.5. The lowest BCUT2D eigenvalue weighted by atomic mass is 10.2. The number of benzene rings is 1. The minimum atomic E-state index is -0.344. The smallest absolute Gasteiger partial charge is 0.263 e. The molecule has 0 saturated carbocycles. The monoisotopic (exact) mass is 339 g/mol. The first-order valence-electron chi connectivity index (χ1n) is 8.07. The highest BCUT2D eigenvalue weighted by molar-refractivity contribution is 5.94. The van der Waals surface area contributed by atoms with Crippen molar-refractivity contribution in [3.05, 3.63) is 36.3 Å². The Labute approximate surface area is 143 Å². The topological polar surface area (TPSA) is 102 Å². The van der Waals surface area contributed by atoms with E-state index in [0.717, 1.165) is 35.3 Å². The lowest BCUT2D eigenvalue weighted by Gasteiger charge is -2.11. The van der Waals surface area contributed by atoms with Crippen molar-refractivity contribution < 1.29 is 14.1 Å². The van der Waals surface area contributed by atoms with Gasteiger partial charge in [0.15, 0.2) is 0 Å². The van der Waals surface area contributed by atoms with Gasteiger partial charge in [-0.25, -0.2) is 4.98 Å². The third kappa shape index (κ3) is 3.16. The molecule has 0 spiro atoms. The molecule has 2 N–H and O–H groups in total. The number of fused-ring (bicyclic) bond motifs is 1. The van der Waals surface area contributed by atoms with Crippen molar-refractivity contribution in [3.63, 3.8) is 0 Å². The molecule has 3 aromatic rings. The minimum Gasteiger partial charge on any atom is -0.368 e. The van der Waals surface area contributed by atoms with Crippen LogP contribution in [0.25, 0.3) is 11.1 Å². The van der Waals surface area contributed by atoms with E-state index in [0.29, 0.717) is 18.1 Å². The Bertz CT molecular complexity index is 900. The Morgan fingerprint density at radius 1 is 1.20 bits per heavy atom. The van der Waals surface area contributed by atoms with Gasteiger partial charge in [0.05, 0.1) is 5.69 Å². The van der Waals surface area contributed by atoms with Crippen molar-refractivity contribution in [3.8, 4) is 0 Å². The molecule has 1 aliphatic rings. The fraction of sp³-hybridized carbons (Fsp3) is 0.294. The second-order valence-corrected chi connectivity index (χ2v) is 5.86. The molecular weight excluding hydrogens is 322 g/mol. The van der Waals surface area contributed by atoms with Gasteiger partial charge in [0, 0.05) is 18.0 Å². The molecule has 25 heavy (non-hydrogen) atoms. The summed E-state index contributed by atoms with van der Waals surface area (Å²) in [7, 11) is 0. The zero-order valence-electron chi connectivity index (χ0n) is 13.7. The Hall–Kier alpha value is -3.00. The summed E-state index contributed by atoms with van der Waals surface area (Å²) >= 11 is 0. The molecule has 0 bridgehead atoms. The molecule has 0 radical (unpaired) electrons. The van der Waals surface area contributed by atoms with Gasteiger partial charge in [-0.15, -0.1) is 0 Å². The zero-order chi connectivity index (χ0) is 17.2. The molecule has 4 rings (SSSR count). The first-order valence-corrected chi connectivity index (χ1v) is 8.07. The minimum absolute atomic E-state index is 0.101. The lowest BCUT2D eigenvalue weighted by Crippen LogP contribution is -2.26. The summed E-state index contributed by atoms with van der Waals surface area (Å²) in [5.41, 5.74) is 2.71. The van der Waals surface area contributed by atoms with Crippen molar-refractivity contribution >= 4 is 34.2 Å². The summed E-state index contributed by atoms with van der Waals surface area (Å²) in [6.07, 6.45) is 2.78. The van der Waals surface area contributed by atoms with Crippen LogP contribution in [-0.4, -0.2) is 33.7 Å². The number of anilines is 3. The van der Waals surface area contributed by atoms with E-state index >= 15 is 0 Å². The van der Waals surface area contributed by atoms with Gasteiger partial charge in [0.1, 0.15) is 23.6 Å². The molecule has 8 heteroatoms. The molecule has 1 amide bonds. The highest BCUT2D eigenvalue weighted by Gasteiger charge is 2.23. The van der Waals surface area contributed by atoms with Gasteiger partial charge < -0.3 is 19.9 Å². The number of rotatable bonds is 4. The van der Waals surface area contributed by atoms with Crippen LogP contribution in [0.15, 0.2) is 35.1 Å². The van der Waals surface area contributed by atoms with E-state index in [9.17, 15) is 4.79 Å². The lowest BCUT2D eigenvalue weighted by molar-refractivity contribution is -0.124. The van der Waals surface area contributed by atoms with E-state index in [1.54, 1.807) is 0 Å². The van der Waals surface area contributed by atoms with Crippen LogP contribution in [0.1, 0.15) is 18.5 Å². The predicted molar refractivity (Wildman–Crippen MR) is 91.7 cm³/mol. The normalized spacial score (nSPS) is 16.9. The van der Waals surface area contributed by atoms with E-state index in [1.165, 1.54) is 6.33 Å². The fourth-order valence-corrected chi connectivity index (χ4v) is 2.80. The molecule has 1 fully saturated rings. The maximum absolute atomic E-state index is 12.1. The molecule has 1 aromatic carbocycles. The van der Waals surface area contributed by atoms with E-state index < -0.39 is 0 Å². The Balaban J connectivity index is 1.48. The standard InChI is InChI=1S/C17H17N5O3/c1-10-14-15(18-9-19-17(14)25-22-10)20-11-4-6-12(7-5-11)21-16(23)13-3-2-8-24-13/h4-7,9,13H,2-3,8H2,1H3,(H,21,23)(H,18,19,20). The summed E-state index contributed by atoms with van der Waals surface area (Å²) in [6, 6.07) is 7.38. The van der Waals surface area contributed by atoms with Crippen LogP contribution in [0.2, 0.25) is 0 Å². The highest BCUT2D eigenvalue weighted by atomic mass is 16.5. The third-order valence-corrected chi connectivity index (χ3v) is 4.08. The van der Waals surface area contributed by atoms with Gasteiger partial charge in [-0.1, -0.05) is 5.16 Å². The summed E-state index contributed by atoms with van der Waals surface area (Å²) in [4.78, 5) is 20.4. The van der Waals surface area contributed by atoms with Gasteiger partial charge in [-0.3, -0.25) is 4.79 Å². The number of amides is 1. The van der Waals surface area contributed by atoms with Gasteiger partial charge in [-0.2, -0.15) is 4.98 Å². The summed E-state index contributed by atoms with van der Waals surface area (Å²) in [5.74, 6) is 0.524. The van der Waals surface area contributed by atoms with Crippen LogP contribution in [0.4, 0.5) is 17.2 Å². The van der Waals surface area contributed by atoms with Crippen molar-refractivity contribution in [2.75, 3.05) is 17.2 Å². The predicted octanol–water partition coefficient (Wildman–Crippen LogP) is 2.79. The van der Waals surface area contributed by atoms with Gasteiger partial charge in [-0.05, 0) is 44.0 Å². The summed E-state index contributed by atoms with van der Waals surface area (Å²) < 4.78 is 10.5. The number of carbonyl (C=O) groups is 1. The van der Waals surface area contributed by atoms with Gasteiger partial charge in [0.25, 0.3) is 11.6 Å². The average Bonchev–Trinajstić information content (AvgIpc) is 3.28. The molecule has 3 heterocycles. The second kappa shape index (κ2) is 6.48. The molecule has 2 aromatic heterocycles. The van der Waals surface area contributed by atoms with Crippen LogP contribution in [0.3, 0.4) is 0 Å². The van der Waals surface area contributed by atoms with Crippen molar-refractivity contribution in [1.29, 1.82) is 0 Å². The quantitative estimate of drug-likeness (QED) is 0.753. The zero-order valence-corrected chi connectivity index (χ0v) is 13.7.